The molecular weight excluding hydrogens is 224 g/mol. The van der Waals surface area contributed by atoms with Crippen molar-refractivity contribution in [3.8, 4) is 0 Å². The lowest BCUT2D eigenvalue weighted by atomic mass is 10.1. The van der Waals surface area contributed by atoms with Crippen LogP contribution in [0.5, 0.6) is 0 Å². The molecule has 0 saturated carbocycles. The van der Waals surface area contributed by atoms with Gasteiger partial charge in [-0.25, -0.2) is 0 Å². The summed E-state index contributed by atoms with van der Waals surface area (Å²) < 4.78 is 0. The molecule has 6 nitrogen and oxygen atoms in total. The van der Waals surface area contributed by atoms with E-state index < -0.39 is 10.9 Å². The summed E-state index contributed by atoms with van der Waals surface area (Å²) in [6, 6.07) is 5.74. The van der Waals surface area contributed by atoms with Crippen LogP contribution in [0.25, 0.3) is 0 Å². The predicted molar refractivity (Wildman–Crippen MR) is 64.6 cm³/mol. The maximum absolute atomic E-state index is 10.1. The molecule has 1 aromatic carbocycles. The van der Waals surface area contributed by atoms with E-state index in [4.69, 9.17) is 10.8 Å². The summed E-state index contributed by atoms with van der Waals surface area (Å²) in [4.78, 5) is 19.5. The summed E-state index contributed by atoms with van der Waals surface area (Å²) in [5.41, 5.74) is 5.90. The molecule has 1 rings (SSSR count). The molecule has 6 heteroatoms. The van der Waals surface area contributed by atoms with Crippen molar-refractivity contribution in [3.63, 3.8) is 0 Å². The molecule has 94 valence electrons. The summed E-state index contributed by atoms with van der Waals surface area (Å²) in [6.45, 7) is 3.56. The summed E-state index contributed by atoms with van der Waals surface area (Å²) in [6.07, 6.45) is 0.718. The van der Waals surface area contributed by atoms with Crippen molar-refractivity contribution in [3.05, 3.63) is 34.4 Å². The van der Waals surface area contributed by atoms with Crippen LogP contribution >= 0.6 is 0 Å². The zero-order valence-electron chi connectivity index (χ0n) is 9.79. The van der Waals surface area contributed by atoms with Gasteiger partial charge in [0, 0.05) is 17.8 Å². The van der Waals surface area contributed by atoms with Crippen molar-refractivity contribution in [2.75, 3.05) is 5.73 Å². The first kappa shape index (κ1) is 14.9. The molecule has 0 aromatic heterocycles. The smallest absolute Gasteiger partial charge is 0.306 e. The summed E-state index contributed by atoms with van der Waals surface area (Å²) in [5.74, 6) is -0.887. The molecule has 0 heterocycles. The normalized spacial score (nSPS) is 10.9. The summed E-state index contributed by atoms with van der Waals surface area (Å²) in [7, 11) is 0. The van der Waals surface area contributed by atoms with Gasteiger partial charge in [-0.05, 0) is 18.6 Å². The second-order valence-corrected chi connectivity index (χ2v) is 3.50. The number of aliphatic carboxylic acids is 1. The van der Waals surface area contributed by atoms with Gasteiger partial charge in [0.05, 0.1) is 10.8 Å². The molecule has 0 aliphatic heterocycles. The Balaban J connectivity index is 0.000000325. The molecule has 3 N–H and O–H groups in total. The van der Waals surface area contributed by atoms with Gasteiger partial charge in [-0.1, -0.05) is 13.8 Å². The Morgan fingerprint density at radius 3 is 2.18 bits per heavy atom. The van der Waals surface area contributed by atoms with E-state index in [1.807, 2.05) is 6.92 Å². The lowest BCUT2D eigenvalue weighted by molar-refractivity contribution is -0.384. The molecule has 0 aliphatic rings. The molecule has 1 aromatic rings. The predicted octanol–water partition coefficient (Wildman–Crippen LogP) is 2.29. The summed E-state index contributed by atoms with van der Waals surface area (Å²) in [5, 5.41) is 18.3. The highest BCUT2D eigenvalue weighted by Crippen LogP contribution is 2.12. The van der Waals surface area contributed by atoms with E-state index in [2.05, 4.69) is 0 Å². The zero-order chi connectivity index (χ0) is 13.4. The fourth-order valence-corrected chi connectivity index (χ4v) is 0.771. The fourth-order valence-electron chi connectivity index (χ4n) is 0.771. The maximum Gasteiger partial charge on any atom is 0.306 e. The number of nitrogens with two attached hydrogens (primary N) is 1. The van der Waals surface area contributed by atoms with Crippen LogP contribution < -0.4 is 5.73 Å². The highest BCUT2D eigenvalue weighted by molar-refractivity contribution is 5.69. The number of benzene rings is 1. The number of hydrogen-bond donors (Lipinski definition) is 2. The average Bonchev–Trinajstić information content (AvgIpc) is 2.29. The molecule has 17 heavy (non-hydrogen) atoms. The SMILES string of the molecule is CCC(C)C(=O)O.Nc1ccc([N+](=O)[O-])cc1. The molecule has 0 radical (unpaired) electrons. The third-order valence-corrected chi connectivity index (χ3v) is 2.14. The molecule has 0 amide bonds. The molecule has 0 aliphatic carbocycles. The summed E-state index contributed by atoms with van der Waals surface area (Å²) >= 11 is 0. The molecule has 0 saturated heterocycles. The number of nitrogens with zero attached hydrogens (tertiary/aromatic N) is 1. The van der Waals surface area contributed by atoms with Crippen LogP contribution in [0.2, 0.25) is 0 Å². The van der Waals surface area contributed by atoms with E-state index in [0.29, 0.717) is 5.69 Å². The van der Waals surface area contributed by atoms with Gasteiger partial charge in [0.25, 0.3) is 5.69 Å². The Morgan fingerprint density at radius 1 is 1.47 bits per heavy atom. The average molecular weight is 240 g/mol. The Kier molecular flexibility index (Phi) is 6.32. The van der Waals surface area contributed by atoms with Crippen molar-refractivity contribution in [2.24, 2.45) is 5.92 Å². The van der Waals surface area contributed by atoms with Gasteiger partial charge in [-0.3, -0.25) is 14.9 Å². The number of non-ortho nitro benzene ring substituents is 1. The third kappa shape index (κ3) is 6.14. The van der Waals surface area contributed by atoms with E-state index in [9.17, 15) is 14.9 Å². The van der Waals surface area contributed by atoms with E-state index in [1.54, 1.807) is 6.92 Å². The van der Waals surface area contributed by atoms with Gasteiger partial charge < -0.3 is 10.8 Å². The Hall–Kier alpha value is -2.11. The Labute approximate surface area is 99.2 Å². The van der Waals surface area contributed by atoms with Gasteiger partial charge in [-0.2, -0.15) is 0 Å². The van der Waals surface area contributed by atoms with Crippen LogP contribution in [0, 0.1) is 16.0 Å². The second kappa shape index (κ2) is 7.21. The lowest BCUT2D eigenvalue weighted by Crippen LogP contribution is -2.06. The van der Waals surface area contributed by atoms with Crippen LogP contribution in [-0.2, 0) is 4.79 Å². The number of nitrogen functional groups attached to an aromatic ring is 1. The molecule has 0 spiro atoms. The van der Waals surface area contributed by atoms with Crippen molar-refractivity contribution in [1.82, 2.24) is 0 Å². The minimum atomic E-state index is -0.706. The van der Waals surface area contributed by atoms with Gasteiger partial charge >= 0.3 is 5.97 Å². The van der Waals surface area contributed by atoms with E-state index in [-0.39, 0.29) is 11.6 Å². The zero-order valence-corrected chi connectivity index (χ0v) is 9.79. The third-order valence-electron chi connectivity index (χ3n) is 2.14. The lowest BCUT2D eigenvalue weighted by Gasteiger charge is -1.96. The van der Waals surface area contributed by atoms with Crippen molar-refractivity contribution < 1.29 is 14.8 Å². The van der Waals surface area contributed by atoms with Crippen LogP contribution in [0.15, 0.2) is 24.3 Å². The van der Waals surface area contributed by atoms with Crippen LogP contribution in [-0.4, -0.2) is 16.0 Å². The second-order valence-electron chi connectivity index (χ2n) is 3.50. The maximum atomic E-state index is 10.1. The van der Waals surface area contributed by atoms with E-state index in [0.717, 1.165) is 6.42 Å². The van der Waals surface area contributed by atoms with Crippen molar-refractivity contribution >= 4 is 17.3 Å². The Bertz CT molecular complexity index is 376. The van der Waals surface area contributed by atoms with Gasteiger partial charge in [0.1, 0.15) is 0 Å². The van der Waals surface area contributed by atoms with Crippen molar-refractivity contribution in [1.29, 1.82) is 0 Å². The first-order valence-corrected chi connectivity index (χ1v) is 5.11. The molecule has 0 fully saturated rings. The number of rotatable bonds is 3. The molecular formula is C11H16N2O4. The van der Waals surface area contributed by atoms with E-state index in [1.165, 1.54) is 24.3 Å². The Morgan fingerprint density at radius 2 is 1.94 bits per heavy atom. The highest BCUT2D eigenvalue weighted by Gasteiger charge is 2.05. The topological polar surface area (TPSA) is 106 Å². The number of carbonyl (C=O) groups is 1. The highest BCUT2D eigenvalue weighted by atomic mass is 16.6. The number of nitro benzene ring substituents is 1. The minimum absolute atomic E-state index is 0.0641. The standard InChI is InChI=1S/C6H6N2O2.C5H10O2/c7-5-1-3-6(4-2-5)8(9)10;1-3-4(2)5(6)7/h1-4H,7H2;4H,3H2,1-2H3,(H,6,7). The number of anilines is 1. The molecule has 1 unspecified atom stereocenters. The monoisotopic (exact) mass is 240 g/mol. The van der Waals surface area contributed by atoms with Gasteiger partial charge in [0.15, 0.2) is 0 Å². The van der Waals surface area contributed by atoms with Crippen LogP contribution in [0.1, 0.15) is 20.3 Å². The first-order valence-electron chi connectivity index (χ1n) is 5.11. The first-order chi connectivity index (χ1) is 7.88. The number of carboxylic acid groups (broad SMARTS) is 1. The number of hydrogen-bond acceptors (Lipinski definition) is 4. The quantitative estimate of drug-likeness (QED) is 0.479. The van der Waals surface area contributed by atoms with Gasteiger partial charge in [0.2, 0.25) is 0 Å². The molecule has 1 atom stereocenters. The number of nitro groups is 1. The van der Waals surface area contributed by atoms with Crippen LogP contribution in [0.4, 0.5) is 11.4 Å². The minimum Gasteiger partial charge on any atom is -0.481 e. The van der Waals surface area contributed by atoms with E-state index >= 15 is 0 Å². The van der Waals surface area contributed by atoms with Gasteiger partial charge in [-0.15, -0.1) is 0 Å². The molecule has 0 bridgehead atoms. The van der Waals surface area contributed by atoms with Crippen LogP contribution in [0.3, 0.4) is 0 Å². The fraction of sp³-hybridized carbons (Fsp3) is 0.364. The van der Waals surface area contributed by atoms with Crippen molar-refractivity contribution in [2.45, 2.75) is 20.3 Å². The largest absolute Gasteiger partial charge is 0.481 e. The number of carboxylic acids is 1.